The first kappa shape index (κ1) is 14.5. The summed E-state index contributed by atoms with van der Waals surface area (Å²) in [6.07, 6.45) is 3.52. The van der Waals surface area contributed by atoms with Crippen LogP contribution in [0, 0.1) is 0 Å². The van der Waals surface area contributed by atoms with Crippen LogP contribution in [0.3, 0.4) is 0 Å². The number of unbranched alkanes of at least 4 members (excludes halogenated alkanes) is 2. The Bertz CT molecular complexity index is 326. The van der Waals surface area contributed by atoms with Crippen molar-refractivity contribution in [2.75, 3.05) is 11.0 Å². The van der Waals surface area contributed by atoms with Gasteiger partial charge in [0.1, 0.15) is 0 Å². The second kappa shape index (κ2) is 8.50. The van der Waals surface area contributed by atoms with Crippen LogP contribution in [0.5, 0.6) is 0 Å². The molecule has 0 fully saturated rings. The van der Waals surface area contributed by atoms with Gasteiger partial charge >= 0.3 is 0 Å². The Labute approximate surface area is 117 Å². The predicted molar refractivity (Wildman–Crippen MR) is 80.6 cm³/mol. The van der Waals surface area contributed by atoms with E-state index in [-0.39, 0.29) is 11.8 Å². The van der Waals surface area contributed by atoms with Gasteiger partial charge in [-0.1, -0.05) is 59.3 Å². The number of alkyl halides is 1. The van der Waals surface area contributed by atoms with Crippen molar-refractivity contribution in [3.05, 3.63) is 35.9 Å². The molecule has 1 amide bonds. The number of rotatable bonds is 7. The van der Waals surface area contributed by atoms with Gasteiger partial charge in [0, 0.05) is 6.54 Å². The molecule has 0 spiro atoms. The molecule has 0 bridgehead atoms. The first-order chi connectivity index (χ1) is 8.25. The SMILES string of the molecule is CC(C(=O)NCCCCCI)c1ccccc1. The lowest BCUT2D eigenvalue weighted by Gasteiger charge is -2.12. The number of carbonyl (C=O) groups excluding carboxylic acids is 1. The highest BCUT2D eigenvalue weighted by atomic mass is 127. The van der Waals surface area contributed by atoms with Crippen molar-refractivity contribution in [3.63, 3.8) is 0 Å². The Balaban J connectivity index is 2.28. The molecule has 0 aliphatic rings. The van der Waals surface area contributed by atoms with E-state index in [0.29, 0.717) is 0 Å². The van der Waals surface area contributed by atoms with Gasteiger partial charge in [0.25, 0.3) is 0 Å². The Morgan fingerprint density at radius 3 is 2.59 bits per heavy atom. The second-order valence-electron chi connectivity index (χ2n) is 4.17. The number of nitrogens with one attached hydrogen (secondary N) is 1. The molecule has 94 valence electrons. The first-order valence-electron chi connectivity index (χ1n) is 6.14. The van der Waals surface area contributed by atoms with Crippen molar-refractivity contribution >= 4 is 28.5 Å². The summed E-state index contributed by atoms with van der Waals surface area (Å²) in [4.78, 5) is 11.9. The van der Waals surface area contributed by atoms with Crippen LogP contribution in [0.25, 0.3) is 0 Å². The van der Waals surface area contributed by atoms with E-state index in [2.05, 4.69) is 27.9 Å². The van der Waals surface area contributed by atoms with Crippen LogP contribution in [0.4, 0.5) is 0 Å². The molecule has 3 heteroatoms. The van der Waals surface area contributed by atoms with E-state index >= 15 is 0 Å². The predicted octanol–water partition coefficient (Wildman–Crippen LogP) is 3.51. The fourth-order valence-corrected chi connectivity index (χ4v) is 2.19. The maximum absolute atomic E-state index is 11.9. The van der Waals surface area contributed by atoms with Gasteiger partial charge in [0.05, 0.1) is 5.92 Å². The van der Waals surface area contributed by atoms with Gasteiger partial charge in [-0.05, 0) is 29.8 Å². The summed E-state index contributed by atoms with van der Waals surface area (Å²) >= 11 is 2.38. The third kappa shape index (κ3) is 5.52. The van der Waals surface area contributed by atoms with Crippen LogP contribution in [0.2, 0.25) is 0 Å². The number of carbonyl (C=O) groups is 1. The minimum Gasteiger partial charge on any atom is -0.356 e. The lowest BCUT2D eigenvalue weighted by atomic mass is 10.0. The molecule has 0 aromatic heterocycles. The molecule has 1 rings (SSSR count). The maximum atomic E-state index is 11.9. The normalized spacial score (nSPS) is 12.1. The average molecular weight is 345 g/mol. The molecule has 0 saturated heterocycles. The number of amides is 1. The van der Waals surface area contributed by atoms with Gasteiger partial charge in [-0.2, -0.15) is 0 Å². The molecule has 1 aromatic rings. The summed E-state index contributed by atoms with van der Waals surface area (Å²) in [5, 5.41) is 3.00. The molecule has 1 unspecified atom stereocenters. The molecule has 2 nitrogen and oxygen atoms in total. The molecular formula is C14H20INO. The lowest BCUT2D eigenvalue weighted by Crippen LogP contribution is -2.28. The summed E-state index contributed by atoms with van der Waals surface area (Å²) in [5.41, 5.74) is 1.08. The first-order valence-corrected chi connectivity index (χ1v) is 7.67. The Morgan fingerprint density at radius 1 is 1.24 bits per heavy atom. The quantitative estimate of drug-likeness (QED) is 0.457. The summed E-state index contributed by atoms with van der Waals surface area (Å²) in [6.45, 7) is 2.75. The van der Waals surface area contributed by atoms with E-state index in [0.717, 1.165) is 18.5 Å². The molecule has 0 saturated carbocycles. The molecule has 0 aliphatic carbocycles. The highest BCUT2D eigenvalue weighted by molar-refractivity contribution is 14.1. The summed E-state index contributed by atoms with van der Waals surface area (Å²) in [5.74, 6) is 0.0754. The van der Waals surface area contributed by atoms with E-state index in [1.54, 1.807) is 0 Å². The topological polar surface area (TPSA) is 29.1 Å². The van der Waals surface area contributed by atoms with Crippen LogP contribution in [-0.4, -0.2) is 16.9 Å². The second-order valence-corrected chi connectivity index (χ2v) is 5.25. The molecule has 1 atom stereocenters. The molecule has 17 heavy (non-hydrogen) atoms. The molecule has 0 heterocycles. The van der Waals surface area contributed by atoms with Crippen molar-refractivity contribution in [2.24, 2.45) is 0 Å². The number of benzene rings is 1. The molecule has 0 aliphatic heterocycles. The van der Waals surface area contributed by atoms with Gasteiger partial charge in [-0.15, -0.1) is 0 Å². The molecule has 0 radical (unpaired) electrons. The van der Waals surface area contributed by atoms with E-state index in [4.69, 9.17) is 0 Å². The Kier molecular flexibility index (Phi) is 7.24. The molecule has 1 aromatic carbocycles. The number of hydrogen-bond donors (Lipinski definition) is 1. The lowest BCUT2D eigenvalue weighted by molar-refractivity contribution is -0.122. The fourth-order valence-electron chi connectivity index (χ4n) is 1.65. The number of halogens is 1. The van der Waals surface area contributed by atoms with Gasteiger partial charge in [0.2, 0.25) is 5.91 Å². The van der Waals surface area contributed by atoms with E-state index in [1.165, 1.54) is 17.3 Å². The van der Waals surface area contributed by atoms with E-state index < -0.39 is 0 Å². The third-order valence-electron chi connectivity index (χ3n) is 2.80. The summed E-state index contributed by atoms with van der Waals surface area (Å²) < 4.78 is 1.20. The van der Waals surface area contributed by atoms with Crippen molar-refractivity contribution in [2.45, 2.75) is 32.1 Å². The fraction of sp³-hybridized carbons (Fsp3) is 0.500. The summed E-state index contributed by atoms with van der Waals surface area (Å²) in [6, 6.07) is 9.91. The van der Waals surface area contributed by atoms with Crippen molar-refractivity contribution < 1.29 is 4.79 Å². The smallest absolute Gasteiger partial charge is 0.227 e. The van der Waals surface area contributed by atoms with Gasteiger partial charge in [-0.25, -0.2) is 0 Å². The minimum absolute atomic E-state index is 0.0548. The highest BCUT2D eigenvalue weighted by Crippen LogP contribution is 2.14. The van der Waals surface area contributed by atoms with Gasteiger partial charge in [-0.3, -0.25) is 4.79 Å². The van der Waals surface area contributed by atoms with Crippen molar-refractivity contribution in [1.82, 2.24) is 5.32 Å². The highest BCUT2D eigenvalue weighted by Gasteiger charge is 2.13. The Morgan fingerprint density at radius 2 is 1.94 bits per heavy atom. The van der Waals surface area contributed by atoms with E-state index in [9.17, 15) is 4.79 Å². The number of hydrogen-bond acceptors (Lipinski definition) is 1. The van der Waals surface area contributed by atoms with Crippen LogP contribution in [0.15, 0.2) is 30.3 Å². The summed E-state index contributed by atoms with van der Waals surface area (Å²) in [7, 11) is 0. The maximum Gasteiger partial charge on any atom is 0.227 e. The van der Waals surface area contributed by atoms with Crippen molar-refractivity contribution in [3.8, 4) is 0 Å². The van der Waals surface area contributed by atoms with Gasteiger partial charge < -0.3 is 5.32 Å². The van der Waals surface area contributed by atoms with Gasteiger partial charge in [0.15, 0.2) is 0 Å². The van der Waals surface area contributed by atoms with Crippen LogP contribution in [-0.2, 0) is 4.79 Å². The van der Waals surface area contributed by atoms with Crippen LogP contribution in [0.1, 0.15) is 37.7 Å². The zero-order valence-corrected chi connectivity index (χ0v) is 12.4. The van der Waals surface area contributed by atoms with E-state index in [1.807, 2.05) is 37.3 Å². The molecular weight excluding hydrogens is 325 g/mol. The zero-order valence-electron chi connectivity index (χ0n) is 10.3. The standard InChI is InChI=1S/C14H20INO/c1-12(13-8-4-2-5-9-13)14(17)16-11-7-3-6-10-15/h2,4-5,8-9,12H,3,6-7,10-11H2,1H3,(H,16,17). The Hall–Kier alpha value is -0.580. The van der Waals surface area contributed by atoms with Crippen LogP contribution < -0.4 is 5.32 Å². The largest absolute Gasteiger partial charge is 0.356 e. The average Bonchev–Trinajstić information content (AvgIpc) is 2.38. The minimum atomic E-state index is -0.0548. The monoisotopic (exact) mass is 345 g/mol. The third-order valence-corrected chi connectivity index (χ3v) is 3.57. The van der Waals surface area contributed by atoms with Crippen molar-refractivity contribution in [1.29, 1.82) is 0 Å². The van der Waals surface area contributed by atoms with Crippen LogP contribution >= 0.6 is 22.6 Å². The zero-order chi connectivity index (χ0) is 12.5. The molecule has 1 N–H and O–H groups in total.